The molecule has 1 aliphatic heterocycles. The molecule has 2 heterocycles. The van der Waals surface area contributed by atoms with Gasteiger partial charge in [-0.2, -0.15) is 0 Å². The van der Waals surface area contributed by atoms with Crippen molar-refractivity contribution < 1.29 is 4.79 Å². The number of carbonyl (C=O) groups excluding carboxylic acids is 1. The number of nitrogens with one attached hydrogen (secondary N) is 1. The number of amides is 2. The zero-order valence-corrected chi connectivity index (χ0v) is 15.0. The number of hydrogen-bond donors (Lipinski definition) is 1. The fourth-order valence-corrected chi connectivity index (χ4v) is 3.07. The van der Waals surface area contributed by atoms with Crippen molar-refractivity contribution in [2.24, 2.45) is 0 Å². The van der Waals surface area contributed by atoms with Gasteiger partial charge < -0.3 is 10.2 Å². The maximum absolute atomic E-state index is 12.3. The number of pyridine rings is 1. The van der Waals surface area contributed by atoms with E-state index in [1.807, 2.05) is 29.4 Å². The van der Waals surface area contributed by atoms with Gasteiger partial charge in [0.2, 0.25) is 0 Å². The van der Waals surface area contributed by atoms with Crippen LogP contribution < -0.4 is 5.32 Å². The van der Waals surface area contributed by atoms with Crippen molar-refractivity contribution in [1.82, 2.24) is 20.1 Å². The molecule has 1 fully saturated rings. The lowest BCUT2D eigenvalue weighted by atomic mass is 10.1. The van der Waals surface area contributed by atoms with Crippen LogP contribution in [0.3, 0.4) is 0 Å². The summed E-state index contributed by atoms with van der Waals surface area (Å²) in [5.41, 5.74) is 3.62. The van der Waals surface area contributed by atoms with Crippen LogP contribution in [0, 0.1) is 6.92 Å². The largest absolute Gasteiger partial charge is 0.334 e. The number of benzene rings is 1. The van der Waals surface area contributed by atoms with E-state index in [-0.39, 0.29) is 6.03 Å². The van der Waals surface area contributed by atoms with E-state index in [1.165, 1.54) is 11.1 Å². The van der Waals surface area contributed by atoms with Crippen molar-refractivity contribution in [3.63, 3.8) is 0 Å². The molecule has 25 heavy (non-hydrogen) atoms. The molecule has 2 amide bonds. The Morgan fingerprint density at radius 2 is 1.84 bits per heavy atom. The summed E-state index contributed by atoms with van der Waals surface area (Å²) < 4.78 is 0. The minimum Gasteiger partial charge on any atom is -0.334 e. The standard InChI is InChI=1S/C20H26N4O/c1-3-23(13-18-8-10-21-11-9-18)19-14-24(15-19)20(25)22-12-17-6-4-16(2)5-7-17/h4-11,19H,3,12-15H2,1-2H3,(H,22,25). The SMILES string of the molecule is CCN(Cc1ccncc1)C1CN(C(=O)NCc2ccc(C)cc2)C1. The van der Waals surface area contributed by atoms with Gasteiger partial charge in [-0.3, -0.25) is 9.88 Å². The van der Waals surface area contributed by atoms with Crippen LogP contribution in [-0.2, 0) is 13.1 Å². The summed E-state index contributed by atoms with van der Waals surface area (Å²) in [5, 5.41) is 3.01. The van der Waals surface area contributed by atoms with Gasteiger partial charge in [0.1, 0.15) is 0 Å². The molecule has 0 bridgehead atoms. The minimum absolute atomic E-state index is 0.0248. The molecule has 1 aliphatic rings. The van der Waals surface area contributed by atoms with Crippen LogP contribution in [0.25, 0.3) is 0 Å². The summed E-state index contributed by atoms with van der Waals surface area (Å²) >= 11 is 0. The van der Waals surface area contributed by atoms with Gasteiger partial charge in [0, 0.05) is 44.6 Å². The van der Waals surface area contributed by atoms with Crippen molar-refractivity contribution in [3.8, 4) is 0 Å². The molecule has 1 aromatic carbocycles. The Labute approximate surface area is 149 Å². The van der Waals surface area contributed by atoms with Crippen LogP contribution in [0.2, 0.25) is 0 Å². The van der Waals surface area contributed by atoms with E-state index < -0.39 is 0 Å². The van der Waals surface area contributed by atoms with Gasteiger partial charge in [-0.1, -0.05) is 36.8 Å². The van der Waals surface area contributed by atoms with E-state index in [0.717, 1.165) is 31.7 Å². The average Bonchev–Trinajstić information content (AvgIpc) is 2.60. The number of nitrogens with zero attached hydrogens (tertiary/aromatic N) is 3. The van der Waals surface area contributed by atoms with Gasteiger partial charge in [-0.15, -0.1) is 0 Å². The first-order valence-electron chi connectivity index (χ1n) is 8.87. The summed E-state index contributed by atoms with van der Waals surface area (Å²) in [5.74, 6) is 0. The van der Waals surface area contributed by atoms with Crippen molar-refractivity contribution in [3.05, 3.63) is 65.5 Å². The zero-order valence-electron chi connectivity index (χ0n) is 15.0. The Hall–Kier alpha value is -2.40. The fraction of sp³-hybridized carbons (Fsp3) is 0.400. The molecule has 1 N–H and O–H groups in total. The van der Waals surface area contributed by atoms with Gasteiger partial charge in [0.25, 0.3) is 0 Å². The highest BCUT2D eigenvalue weighted by Crippen LogP contribution is 2.17. The summed E-state index contributed by atoms with van der Waals surface area (Å²) in [6, 6.07) is 12.8. The van der Waals surface area contributed by atoms with Crippen LogP contribution >= 0.6 is 0 Å². The van der Waals surface area contributed by atoms with Gasteiger partial charge >= 0.3 is 6.03 Å². The number of likely N-dealkylation sites (N-methyl/N-ethyl adjacent to an activating group) is 1. The summed E-state index contributed by atoms with van der Waals surface area (Å²) in [7, 11) is 0. The maximum Gasteiger partial charge on any atom is 0.317 e. The van der Waals surface area contributed by atoms with Gasteiger partial charge in [0.05, 0.1) is 0 Å². The third-order valence-corrected chi connectivity index (χ3v) is 4.77. The minimum atomic E-state index is 0.0248. The normalized spacial score (nSPS) is 14.4. The van der Waals surface area contributed by atoms with E-state index in [4.69, 9.17) is 0 Å². The number of likely N-dealkylation sites (tertiary alicyclic amines) is 1. The molecule has 5 nitrogen and oxygen atoms in total. The number of aromatic nitrogens is 1. The summed E-state index contributed by atoms with van der Waals surface area (Å²) in [4.78, 5) is 20.6. The van der Waals surface area contributed by atoms with E-state index in [1.54, 1.807) is 0 Å². The van der Waals surface area contributed by atoms with E-state index in [2.05, 4.69) is 53.3 Å². The number of carbonyl (C=O) groups is 1. The first kappa shape index (κ1) is 17.4. The zero-order chi connectivity index (χ0) is 17.6. The van der Waals surface area contributed by atoms with Crippen LogP contribution in [-0.4, -0.2) is 46.5 Å². The predicted molar refractivity (Wildman–Crippen MR) is 99.1 cm³/mol. The molecule has 0 saturated carbocycles. The van der Waals surface area contributed by atoms with Crippen molar-refractivity contribution >= 4 is 6.03 Å². The fourth-order valence-electron chi connectivity index (χ4n) is 3.07. The first-order valence-corrected chi connectivity index (χ1v) is 8.87. The Kier molecular flexibility index (Phi) is 5.66. The van der Waals surface area contributed by atoms with E-state index in [9.17, 15) is 4.79 Å². The molecule has 0 atom stereocenters. The van der Waals surface area contributed by atoms with Crippen LogP contribution in [0.1, 0.15) is 23.6 Å². The van der Waals surface area contributed by atoms with Crippen LogP contribution in [0.4, 0.5) is 4.79 Å². The number of rotatable bonds is 6. The lowest BCUT2D eigenvalue weighted by Gasteiger charge is -2.45. The second-order valence-electron chi connectivity index (χ2n) is 6.62. The Balaban J connectivity index is 1.44. The Bertz CT molecular complexity index is 681. The molecule has 0 unspecified atom stereocenters. The number of hydrogen-bond acceptors (Lipinski definition) is 3. The highest BCUT2D eigenvalue weighted by Gasteiger charge is 2.34. The lowest BCUT2D eigenvalue weighted by Crippen LogP contribution is -2.62. The van der Waals surface area contributed by atoms with Crippen LogP contribution in [0.5, 0.6) is 0 Å². The average molecular weight is 338 g/mol. The summed E-state index contributed by atoms with van der Waals surface area (Å²) in [6.45, 7) is 8.27. The van der Waals surface area contributed by atoms with E-state index >= 15 is 0 Å². The molecule has 2 aromatic rings. The van der Waals surface area contributed by atoms with Crippen molar-refractivity contribution in [1.29, 1.82) is 0 Å². The lowest BCUT2D eigenvalue weighted by molar-refractivity contribution is 0.0550. The quantitative estimate of drug-likeness (QED) is 0.881. The molecule has 0 radical (unpaired) electrons. The van der Waals surface area contributed by atoms with Gasteiger partial charge in [0.15, 0.2) is 0 Å². The molecule has 0 spiro atoms. The highest BCUT2D eigenvalue weighted by molar-refractivity contribution is 5.75. The molecule has 3 rings (SSSR count). The smallest absolute Gasteiger partial charge is 0.317 e. The van der Waals surface area contributed by atoms with E-state index in [0.29, 0.717) is 12.6 Å². The second kappa shape index (κ2) is 8.12. The van der Waals surface area contributed by atoms with Crippen molar-refractivity contribution in [2.45, 2.75) is 33.0 Å². The molecular weight excluding hydrogens is 312 g/mol. The molecule has 1 aromatic heterocycles. The molecule has 0 aliphatic carbocycles. The third-order valence-electron chi connectivity index (χ3n) is 4.77. The Morgan fingerprint density at radius 3 is 2.48 bits per heavy atom. The third kappa shape index (κ3) is 4.57. The monoisotopic (exact) mass is 338 g/mol. The molecular formula is C20H26N4O. The number of urea groups is 1. The second-order valence-corrected chi connectivity index (χ2v) is 6.62. The molecule has 132 valence electrons. The van der Waals surface area contributed by atoms with Gasteiger partial charge in [-0.25, -0.2) is 4.79 Å². The highest BCUT2D eigenvalue weighted by atomic mass is 16.2. The molecule has 5 heteroatoms. The topological polar surface area (TPSA) is 48.5 Å². The van der Waals surface area contributed by atoms with Gasteiger partial charge in [-0.05, 0) is 36.7 Å². The predicted octanol–water partition coefficient (Wildman–Crippen LogP) is 2.81. The summed E-state index contributed by atoms with van der Waals surface area (Å²) in [6.07, 6.45) is 3.66. The van der Waals surface area contributed by atoms with Crippen LogP contribution in [0.15, 0.2) is 48.8 Å². The number of aryl methyl sites for hydroxylation is 1. The van der Waals surface area contributed by atoms with Crippen molar-refractivity contribution in [2.75, 3.05) is 19.6 Å². The molecule has 1 saturated heterocycles. The first-order chi connectivity index (χ1) is 12.2. The Morgan fingerprint density at radius 1 is 1.16 bits per heavy atom. The maximum atomic E-state index is 12.3.